The monoisotopic (exact) mass is 275 g/mol. The first-order chi connectivity index (χ1) is 9.10. The van der Waals surface area contributed by atoms with Gasteiger partial charge in [0.2, 0.25) is 0 Å². The summed E-state index contributed by atoms with van der Waals surface area (Å²) < 4.78 is 13.3. The molecule has 0 radical (unpaired) electrons. The van der Waals surface area contributed by atoms with Gasteiger partial charge in [0.05, 0.1) is 5.56 Å². The molecule has 2 aromatic rings. The minimum Gasteiger partial charge on any atom is -0.380 e. The summed E-state index contributed by atoms with van der Waals surface area (Å²) in [6.45, 7) is 0.496. The van der Waals surface area contributed by atoms with Crippen molar-refractivity contribution in [2.24, 2.45) is 5.73 Å². The Balaban J connectivity index is 2.09. The molecule has 1 aromatic carbocycles. The highest BCUT2D eigenvalue weighted by molar-refractivity contribution is 7.12. The van der Waals surface area contributed by atoms with E-state index in [-0.39, 0.29) is 5.56 Å². The molecule has 3 N–H and O–H groups in total. The number of amides is 1. The molecule has 6 heteroatoms. The van der Waals surface area contributed by atoms with Crippen molar-refractivity contribution in [3.8, 4) is 6.07 Å². The number of hydrogen-bond donors (Lipinski definition) is 2. The molecule has 0 atom stereocenters. The van der Waals surface area contributed by atoms with Gasteiger partial charge >= 0.3 is 0 Å². The van der Waals surface area contributed by atoms with Gasteiger partial charge in [0.25, 0.3) is 5.91 Å². The molecular formula is C13H10FN3OS. The predicted octanol–water partition coefficient (Wildman–Crippen LogP) is 2.47. The number of nitrogens with one attached hydrogen (secondary N) is 1. The van der Waals surface area contributed by atoms with Gasteiger partial charge < -0.3 is 11.1 Å². The van der Waals surface area contributed by atoms with Crippen LogP contribution < -0.4 is 11.1 Å². The molecule has 0 unspecified atom stereocenters. The molecule has 0 spiro atoms. The van der Waals surface area contributed by atoms with E-state index in [0.29, 0.717) is 17.1 Å². The van der Waals surface area contributed by atoms with Crippen LogP contribution in [0, 0.1) is 17.1 Å². The maximum atomic E-state index is 13.3. The van der Waals surface area contributed by atoms with Crippen molar-refractivity contribution < 1.29 is 9.18 Å². The Bertz CT molecular complexity index is 660. The molecule has 0 aliphatic rings. The third kappa shape index (κ3) is 3.09. The largest absolute Gasteiger partial charge is 0.380 e. The van der Waals surface area contributed by atoms with E-state index in [1.54, 1.807) is 6.07 Å². The van der Waals surface area contributed by atoms with Crippen LogP contribution in [-0.4, -0.2) is 5.91 Å². The zero-order valence-electron chi connectivity index (χ0n) is 9.81. The third-order valence-corrected chi connectivity index (χ3v) is 3.46. The van der Waals surface area contributed by atoms with Gasteiger partial charge in [-0.2, -0.15) is 5.26 Å². The van der Waals surface area contributed by atoms with Crippen LogP contribution in [0.25, 0.3) is 0 Å². The van der Waals surface area contributed by atoms with Crippen LogP contribution in [0.1, 0.15) is 20.1 Å². The van der Waals surface area contributed by atoms with Crippen molar-refractivity contribution in [3.63, 3.8) is 0 Å². The van der Waals surface area contributed by atoms with Gasteiger partial charge in [-0.25, -0.2) is 4.39 Å². The summed E-state index contributed by atoms with van der Waals surface area (Å²) in [5, 5.41) is 11.8. The summed E-state index contributed by atoms with van der Waals surface area (Å²) in [6.07, 6.45) is 0. The van der Waals surface area contributed by atoms with Gasteiger partial charge in [-0.15, -0.1) is 11.3 Å². The molecule has 0 aliphatic heterocycles. The lowest BCUT2D eigenvalue weighted by molar-refractivity contribution is 0.0996. The number of nitriles is 1. The highest BCUT2D eigenvalue weighted by atomic mass is 32.1. The first-order valence-corrected chi connectivity index (χ1v) is 6.24. The molecule has 0 saturated heterocycles. The average molecular weight is 275 g/mol. The molecule has 4 nitrogen and oxygen atoms in total. The molecule has 0 fully saturated rings. The van der Waals surface area contributed by atoms with Gasteiger partial charge in [0, 0.05) is 17.1 Å². The summed E-state index contributed by atoms with van der Waals surface area (Å²) in [5.41, 5.74) is 5.53. The summed E-state index contributed by atoms with van der Waals surface area (Å²) in [7, 11) is 0. The normalized spacial score (nSPS) is 9.89. The van der Waals surface area contributed by atoms with Crippen molar-refractivity contribution in [2.45, 2.75) is 6.54 Å². The lowest BCUT2D eigenvalue weighted by Gasteiger charge is -2.06. The van der Waals surface area contributed by atoms with Gasteiger partial charge in [-0.1, -0.05) is 0 Å². The fourth-order valence-electron chi connectivity index (χ4n) is 1.55. The lowest BCUT2D eigenvalue weighted by Crippen LogP contribution is -2.13. The third-order valence-electron chi connectivity index (χ3n) is 2.47. The average Bonchev–Trinajstić information content (AvgIpc) is 2.85. The number of anilines is 1. The van der Waals surface area contributed by atoms with Crippen molar-refractivity contribution in [1.82, 2.24) is 0 Å². The van der Waals surface area contributed by atoms with E-state index in [2.05, 4.69) is 11.4 Å². The quantitative estimate of drug-likeness (QED) is 0.899. The molecule has 1 amide bonds. The number of rotatable bonds is 4. The minimum absolute atomic E-state index is 0.145. The molecule has 0 bridgehead atoms. The fourth-order valence-corrected chi connectivity index (χ4v) is 2.29. The van der Waals surface area contributed by atoms with Crippen LogP contribution >= 0.6 is 11.3 Å². The van der Waals surface area contributed by atoms with Crippen LogP contribution in [0.2, 0.25) is 0 Å². The number of carbonyl (C=O) groups excluding carboxylic acids is 1. The van der Waals surface area contributed by atoms with E-state index in [1.165, 1.54) is 29.5 Å². The van der Waals surface area contributed by atoms with Crippen molar-refractivity contribution in [2.75, 3.05) is 5.32 Å². The number of hydrogen-bond acceptors (Lipinski definition) is 4. The van der Waals surface area contributed by atoms with Gasteiger partial charge in [-0.3, -0.25) is 4.79 Å². The Morgan fingerprint density at radius 1 is 1.42 bits per heavy atom. The number of thiophene rings is 1. The summed E-state index contributed by atoms with van der Waals surface area (Å²) in [5.74, 6) is -1.44. The zero-order chi connectivity index (χ0) is 13.8. The van der Waals surface area contributed by atoms with Gasteiger partial charge in [0.15, 0.2) is 0 Å². The lowest BCUT2D eigenvalue weighted by atomic mass is 10.2. The second-order valence-electron chi connectivity index (χ2n) is 3.79. The molecule has 19 heavy (non-hydrogen) atoms. The molecule has 1 aromatic heterocycles. The maximum Gasteiger partial charge on any atom is 0.251 e. The fraction of sp³-hybridized carbons (Fsp3) is 0.0769. The van der Waals surface area contributed by atoms with Crippen LogP contribution in [0.4, 0.5) is 10.1 Å². The van der Waals surface area contributed by atoms with Crippen LogP contribution in [0.3, 0.4) is 0 Å². The smallest absolute Gasteiger partial charge is 0.251 e. The van der Waals surface area contributed by atoms with E-state index in [9.17, 15) is 9.18 Å². The Morgan fingerprint density at radius 2 is 2.21 bits per heavy atom. The van der Waals surface area contributed by atoms with Crippen molar-refractivity contribution in [3.05, 3.63) is 51.5 Å². The van der Waals surface area contributed by atoms with Crippen molar-refractivity contribution >= 4 is 22.9 Å². The van der Waals surface area contributed by atoms with E-state index >= 15 is 0 Å². The van der Waals surface area contributed by atoms with Gasteiger partial charge in [0.1, 0.15) is 16.8 Å². The first-order valence-electron chi connectivity index (χ1n) is 5.42. The Hall–Kier alpha value is -2.39. The summed E-state index contributed by atoms with van der Waals surface area (Å²) in [4.78, 5) is 12.6. The molecule has 0 aliphatic carbocycles. The topological polar surface area (TPSA) is 78.9 Å². The standard InChI is InChI=1S/C13H10FN3OS/c14-12-4-1-8(5-11(12)13(16)18)17-7-10-3-2-9(6-15)19-10/h1-5,17H,7H2,(H2,16,18). The van der Waals surface area contributed by atoms with E-state index in [0.717, 1.165) is 4.88 Å². The highest BCUT2D eigenvalue weighted by Gasteiger charge is 2.09. The zero-order valence-corrected chi connectivity index (χ0v) is 10.6. The van der Waals surface area contributed by atoms with E-state index in [4.69, 9.17) is 11.0 Å². The SMILES string of the molecule is N#Cc1ccc(CNc2ccc(F)c(C(N)=O)c2)s1. The van der Waals surface area contributed by atoms with Crippen LogP contribution in [-0.2, 0) is 6.54 Å². The Kier molecular flexibility index (Phi) is 3.78. The Morgan fingerprint density at radius 3 is 2.84 bits per heavy atom. The van der Waals surface area contributed by atoms with Crippen LogP contribution in [0.5, 0.6) is 0 Å². The van der Waals surface area contributed by atoms with Gasteiger partial charge in [-0.05, 0) is 30.3 Å². The summed E-state index contributed by atoms with van der Waals surface area (Å²) >= 11 is 1.38. The van der Waals surface area contributed by atoms with E-state index in [1.807, 2.05) is 6.07 Å². The highest BCUT2D eigenvalue weighted by Crippen LogP contribution is 2.19. The second-order valence-corrected chi connectivity index (χ2v) is 4.96. The van der Waals surface area contributed by atoms with E-state index < -0.39 is 11.7 Å². The second kappa shape index (κ2) is 5.50. The number of primary amides is 1. The number of carbonyl (C=O) groups is 1. The summed E-state index contributed by atoms with van der Waals surface area (Å²) in [6, 6.07) is 9.73. The number of nitrogens with two attached hydrogens (primary N) is 1. The van der Waals surface area contributed by atoms with Crippen LogP contribution in [0.15, 0.2) is 30.3 Å². The molecule has 2 rings (SSSR count). The number of halogens is 1. The molecule has 96 valence electrons. The first kappa shape index (κ1) is 13.1. The molecule has 0 saturated carbocycles. The molecular weight excluding hydrogens is 265 g/mol. The minimum atomic E-state index is -0.802. The molecule has 1 heterocycles. The predicted molar refractivity (Wildman–Crippen MR) is 71.3 cm³/mol. The number of benzene rings is 1. The maximum absolute atomic E-state index is 13.3. The van der Waals surface area contributed by atoms with Crippen molar-refractivity contribution in [1.29, 1.82) is 5.26 Å². The number of nitrogens with zero attached hydrogens (tertiary/aromatic N) is 1. The Labute approximate surface area is 113 Å².